The highest BCUT2D eigenvalue weighted by molar-refractivity contribution is 6.13. The molecule has 150 valence electrons. The molecular formula is C22H22N2O5. The lowest BCUT2D eigenvalue weighted by Gasteiger charge is -2.28. The summed E-state index contributed by atoms with van der Waals surface area (Å²) in [5, 5.41) is 0. The van der Waals surface area contributed by atoms with Crippen molar-refractivity contribution in [2.75, 3.05) is 45.4 Å². The van der Waals surface area contributed by atoms with Crippen LogP contribution in [-0.4, -0.2) is 52.4 Å². The standard InChI is InChI=1S/C22H22N2O5/c1-26-18-12-16(13-19(14-18)27-2)21-23-20(22(25)29-21)11-15-3-5-17(6-4-15)24-7-9-28-10-8-24/h3-6,11-14H,7-10H2,1-2H3/b20-11-. The van der Waals surface area contributed by atoms with Gasteiger partial charge >= 0.3 is 5.97 Å². The van der Waals surface area contributed by atoms with Gasteiger partial charge in [0, 0.05) is 30.4 Å². The second-order valence-electron chi connectivity index (χ2n) is 6.63. The Balaban J connectivity index is 1.56. The van der Waals surface area contributed by atoms with Crippen LogP contribution in [-0.2, 0) is 14.3 Å². The van der Waals surface area contributed by atoms with E-state index in [-0.39, 0.29) is 11.6 Å². The molecule has 2 aliphatic heterocycles. The molecule has 2 aromatic rings. The van der Waals surface area contributed by atoms with Gasteiger partial charge in [-0.2, -0.15) is 0 Å². The largest absolute Gasteiger partial charge is 0.497 e. The van der Waals surface area contributed by atoms with E-state index < -0.39 is 5.97 Å². The van der Waals surface area contributed by atoms with Crippen molar-refractivity contribution in [2.45, 2.75) is 0 Å². The second kappa shape index (κ2) is 8.36. The van der Waals surface area contributed by atoms with E-state index in [0.29, 0.717) is 17.1 Å². The van der Waals surface area contributed by atoms with Crippen molar-refractivity contribution < 1.29 is 23.7 Å². The summed E-state index contributed by atoms with van der Waals surface area (Å²) in [7, 11) is 3.12. The topological polar surface area (TPSA) is 69.6 Å². The normalized spacial score (nSPS) is 17.9. The first-order chi connectivity index (χ1) is 14.2. The molecule has 1 saturated heterocycles. The van der Waals surface area contributed by atoms with Gasteiger partial charge in [0.15, 0.2) is 5.70 Å². The number of anilines is 1. The van der Waals surface area contributed by atoms with Crippen LogP contribution in [0.25, 0.3) is 6.08 Å². The molecule has 0 N–H and O–H groups in total. The number of hydrogen-bond donors (Lipinski definition) is 0. The Morgan fingerprint density at radius 2 is 1.66 bits per heavy atom. The molecule has 4 rings (SSSR count). The number of methoxy groups -OCH3 is 2. The van der Waals surface area contributed by atoms with E-state index in [1.54, 1.807) is 38.5 Å². The summed E-state index contributed by atoms with van der Waals surface area (Å²) in [4.78, 5) is 18.9. The number of hydrogen-bond acceptors (Lipinski definition) is 7. The van der Waals surface area contributed by atoms with E-state index in [1.165, 1.54) is 0 Å². The third kappa shape index (κ3) is 4.25. The molecule has 2 aromatic carbocycles. The average Bonchev–Trinajstić information content (AvgIpc) is 3.14. The highest BCUT2D eigenvalue weighted by Gasteiger charge is 2.25. The highest BCUT2D eigenvalue weighted by Crippen LogP contribution is 2.27. The minimum Gasteiger partial charge on any atom is -0.497 e. The number of carbonyl (C=O) groups excluding carboxylic acids is 1. The van der Waals surface area contributed by atoms with Crippen molar-refractivity contribution in [1.82, 2.24) is 0 Å². The third-order valence-electron chi connectivity index (χ3n) is 4.79. The van der Waals surface area contributed by atoms with Gasteiger partial charge in [0.05, 0.1) is 27.4 Å². The molecule has 0 spiro atoms. The van der Waals surface area contributed by atoms with Gasteiger partial charge in [-0.1, -0.05) is 12.1 Å². The molecule has 0 radical (unpaired) electrons. The molecule has 0 saturated carbocycles. The Kier molecular flexibility index (Phi) is 5.48. The molecule has 0 aromatic heterocycles. The van der Waals surface area contributed by atoms with E-state index in [9.17, 15) is 4.79 Å². The number of esters is 1. The molecule has 29 heavy (non-hydrogen) atoms. The fraction of sp³-hybridized carbons (Fsp3) is 0.273. The number of morpholine rings is 1. The number of cyclic esters (lactones) is 1. The Labute approximate surface area is 169 Å². The van der Waals surface area contributed by atoms with Crippen molar-refractivity contribution in [3.05, 3.63) is 59.3 Å². The maximum absolute atomic E-state index is 12.3. The number of ether oxygens (including phenoxy) is 4. The van der Waals surface area contributed by atoms with Gasteiger partial charge in [-0.15, -0.1) is 0 Å². The second-order valence-corrected chi connectivity index (χ2v) is 6.63. The van der Waals surface area contributed by atoms with Gasteiger partial charge in [-0.05, 0) is 35.9 Å². The van der Waals surface area contributed by atoms with E-state index in [0.717, 1.165) is 37.6 Å². The zero-order valence-corrected chi connectivity index (χ0v) is 16.4. The maximum Gasteiger partial charge on any atom is 0.363 e. The fourth-order valence-corrected chi connectivity index (χ4v) is 3.22. The summed E-state index contributed by atoms with van der Waals surface area (Å²) in [6.07, 6.45) is 1.72. The minimum absolute atomic E-state index is 0.225. The molecule has 7 heteroatoms. The molecule has 0 aliphatic carbocycles. The van der Waals surface area contributed by atoms with Crippen molar-refractivity contribution in [3.8, 4) is 11.5 Å². The SMILES string of the molecule is COc1cc(OC)cc(C2=N/C(=C\c3ccc(N4CCOCC4)cc3)C(=O)O2)c1. The number of benzene rings is 2. The van der Waals surface area contributed by atoms with Crippen molar-refractivity contribution in [2.24, 2.45) is 4.99 Å². The zero-order chi connectivity index (χ0) is 20.2. The van der Waals surface area contributed by atoms with Gasteiger partial charge in [0.1, 0.15) is 11.5 Å². The molecule has 7 nitrogen and oxygen atoms in total. The van der Waals surface area contributed by atoms with Crippen molar-refractivity contribution in [1.29, 1.82) is 0 Å². The van der Waals surface area contributed by atoms with Crippen LogP contribution in [0.5, 0.6) is 11.5 Å². The highest BCUT2D eigenvalue weighted by atomic mass is 16.6. The fourth-order valence-electron chi connectivity index (χ4n) is 3.22. The number of nitrogens with zero attached hydrogens (tertiary/aromatic N) is 2. The van der Waals surface area contributed by atoms with Crippen LogP contribution in [0.4, 0.5) is 5.69 Å². The zero-order valence-electron chi connectivity index (χ0n) is 16.4. The number of aliphatic imine (C=N–C) groups is 1. The summed E-state index contributed by atoms with van der Waals surface area (Å²) >= 11 is 0. The van der Waals surface area contributed by atoms with Crippen LogP contribution in [0.3, 0.4) is 0 Å². The Hall–Kier alpha value is -3.32. The molecule has 0 amide bonds. The monoisotopic (exact) mass is 394 g/mol. The summed E-state index contributed by atoms with van der Waals surface area (Å²) in [5.41, 5.74) is 2.88. The van der Waals surface area contributed by atoms with Gasteiger partial charge in [0.25, 0.3) is 0 Å². The van der Waals surface area contributed by atoms with Crippen molar-refractivity contribution in [3.63, 3.8) is 0 Å². The smallest absolute Gasteiger partial charge is 0.363 e. The molecule has 0 atom stereocenters. The quantitative estimate of drug-likeness (QED) is 0.574. The maximum atomic E-state index is 12.3. The van der Waals surface area contributed by atoms with Gasteiger partial charge in [0.2, 0.25) is 5.90 Å². The van der Waals surface area contributed by atoms with E-state index in [2.05, 4.69) is 9.89 Å². The first kappa shape index (κ1) is 19.0. The Morgan fingerprint density at radius 3 is 2.28 bits per heavy atom. The van der Waals surface area contributed by atoms with E-state index in [1.807, 2.05) is 24.3 Å². The predicted octanol–water partition coefficient (Wildman–Crippen LogP) is 2.88. The van der Waals surface area contributed by atoms with Crippen LogP contribution >= 0.6 is 0 Å². The predicted molar refractivity (Wildman–Crippen MR) is 110 cm³/mol. The number of rotatable bonds is 5. The lowest BCUT2D eigenvalue weighted by Crippen LogP contribution is -2.36. The van der Waals surface area contributed by atoms with E-state index in [4.69, 9.17) is 18.9 Å². The van der Waals surface area contributed by atoms with E-state index >= 15 is 0 Å². The molecule has 0 bridgehead atoms. The van der Waals surface area contributed by atoms with Crippen LogP contribution in [0.2, 0.25) is 0 Å². The molecule has 0 unspecified atom stereocenters. The van der Waals surface area contributed by atoms with Gasteiger partial charge in [-0.25, -0.2) is 9.79 Å². The lowest BCUT2D eigenvalue weighted by molar-refractivity contribution is -0.129. The Morgan fingerprint density at radius 1 is 1.00 bits per heavy atom. The first-order valence-electron chi connectivity index (χ1n) is 9.35. The van der Waals surface area contributed by atoms with Crippen LogP contribution in [0, 0.1) is 0 Å². The summed E-state index contributed by atoms with van der Waals surface area (Å²) in [6.45, 7) is 3.24. The summed E-state index contributed by atoms with van der Waals surface area (Å²) in [6, 6.07) is 13.2. The average molecular weight is 394 g/mol. The molecular weight excluding hydrogens is 372 g/mol. The summed E-state index contributed by atoms with van der Waals surface area (Å²) in [5.74, 6) is 0.922. The van der Waals surface area contributed by atoms with Gasteiger partial charge < -0.3 is 23.8 Å². The molecule has 1 fully saturated rings. The van der Waals surface area contributed by atoms with Crippen LogP contribution in [0.15, 0.2) is 53.2 Å². The Bertz CT molecular complexity index is 937. The first-order valence-corrected chi connectivity index (χ1v) is 9.35. The minimum atomic E-state index is -0.487. The molecule has 2 aliphatic rings. The third-order valence-corrected chi connectivity index (χ3v) is 4.79. The van der Waals surface area contributed by atoms with Crippen LogP contribution < -0.4 is 14.4 Å². The summed E-state index contributed by atoms with van der Waals surface area (Å²) < 4.78 is 21.3. The van der Waals surface area contributed by atoms with Crippen molar-refractivity contribution >= 4 is 23.6 Å². The molecule has 2 heterocycles. The number of carbonyl (C=O) groups is 1. The van der Waals surface area contributed by atoms with Crippen LogP contribution in [0.1, 0.15) is 11.1 Å². The lowest BCUT2D eigenvalue weighted by atomic mass is 10.1. The van der Waals surface area contributed by atoms with Gasteiger partial charge in [-0.3, -0.25) is 0 Å².